The summed E-state index contributed by atoms with van der Waals surface area (Å²) in [4.78, 5) is 1.91. The van der Waals surface area contributed by atoms with E-state index in [0.717, 1.165) is 6.54 Å². The zero-order valence-electron chi connectivity index (χ0n) is 10.1. The van der Waals surface area contributed by atoms with Crippen LogP contribution in [0.1, 0.15) is 17.0 Å². The van der Waals surface area contributed by atoms with Gasteiger partial charge in [-0.05, 0) is 18.1 Å². The van der Waals surface area contributed by atoms with Crippen LogP contribution in [0.15, 0.2) is 28.7 Å². The number of benzene rings is 1. The average molecular weight is 232 g/mol. The zero-order valence-corrected chi connectivity index (χ0v) is 10.1. The lowest BCUT2D eigenvalue weighted by atomic mass is 10.1. The molecule has 0 unspecified atom stereocenters. The fraction of sp³-hybridized carbons (Fsp3) is 0.333. The topological polar surface area (TPSA) is 68.2 Å². The summed E-state index contributed by atoms with van der Waals surface area (Å²) in [5.41, 5.74) is 7.91. The Balaban J connectivity index is 2.11. The number of rotatable bonds is 4. The maximum Gasteiger partial charge on any atom is 0.318 e. The average Bonchev–Trinajstić information content (AvgIpc) is 2.81. The number of hydrogen-bond acceptors (Lipinski definition) is 5. The highest BCUT2D eigenvalue weighted by Crippen LogP contribution is 2.15. The van der Waals surface area contributed by atoms with E-state index in [2.05, 4.69) is 29.3 Å². The Bertz CT molecular complexity index is 495. The first-order chi connectivity index (χ1) is 8.20. The monoisotopic (exact) mass is 232 g/mol. The molecule has 5 nitrogen and oxygen atoms in total. The fourth-order valence-corrected chi connectivity index (χ4v) is 1.59. The van der Waals surface area contributed by atoms with Gasteiger partial charge in [-0.1, -0.05) is 29.4 Å². The number of nitrogens with two attached hydrogens (primary N) is 1. The first kappa shape index (κ1) is 11.6. The minimum absolute atomic E-state index is 0.269. The summed E-state index contributed by atoms with van der Waals surface area (Å²) in [6, 6.07) is 8.72. The Morgan fingerprint density at radius 3 is 2.71 bits per heavy atom. The lowest BCUT2D eigenvalue weighted by molar-refractivity contribution is 0.491. The molecule has 0 saturated carbocycles. The SMILES string of the molecule is Cc1ccccc1CN(C)c1nnc(CN)o1. The van der Waals surface area contributed by atoms with Gasteiger partial charge in [-0.25, -0.2) is 0 Å². The number of nitrogens with zero attached hydrogens (tertiary/aromatic N) is 3. The molecule has 5 heteroatoms. The lowest BCUT2D eigenvalue weighted by Crippen LogP contribution is -2.17. The molecule has 0 saturated heterocycles. The van der Waals surface area contributed by atoms with Crippen LogP contribution in [0.4, 0.5) is 6.01 Å². The summed E-state index contributed by atoms with van der Waals surface area (Å²) in [7, 11) is 1.92. The highest BCUT2D eigenvalue weighted by molar-refractivity contribution is 5.31. The van der Waals surface area contributed by atoms with Crippen LogP contribution in [-0.4, -0.2) is 17.2 Å². The summed E-state index contributed by atoms with van der Waals surface area (Å²) in [6.45, 7) is 3.09. The van der Waals surface area contributed by atoms with Crippen LogP contribution in [0, 0.1) is 6.92 Å². The molecular weight excluding hydrogens is 216 g/mol. The molecule has 0 amide bonds. The molecule has 1 aromatic carbocycles. The second kappa shape index (κ2) is 4.97. The Labute approximate surface area is 100 Å². The van der Waals surface area contributed by atoms with Gasteiger partial charge in [-0.2, -0.15) is 0 Å². The van der Waals surface area contributed by atoms with Crippen molar-refractivity contribution in [2.45, 2.75) is 20.0 Å². The molecule has 2 aromatic rings. The zero-order chi connectivity index (χ0) is 12.3. The molecular formula is C12H16N4O. The predicted molar refractivity (Wildman–Crippen MR) is 65.5 cm³/mol. The van der Waals surface area contributed by atoms with Gasteiger partial charge in [0.25, 0.3) is 0 Å². The first-order valence-corrected chi connectivity index (χ1v) is 5.49. The maximum atomic E-state index is 5.43. The molecule has 2 N–H and O–H groups in total. The van der Waals surface area contributed by atoms with Gasteiger partial charge < -0.3 is 15.1 Å². The van der Waals surface area contributed by atoms with Crippen molar-refractivity contribution in [3.05, 3.63) is 41.3 Å². The number of anilines is 1. The molecule has 2 rings (SSSR count). The summed E-state index contributed by atoms with van der Waals surface area (Å²) >= 11 is 0. The van der Waals surface area contributed by atoms with Crippen LogP contribution in [0.2, 0.25) is 0 Å². The summed E-state index contributed by atoms with van der Waals surface area (Å²) < 4.78 is 5.39. The first-order valence-electron chi connectivity index (χ1n) is 5.49. The Kier molecular flexibility index (Phi) is 3.39. The fourth-order valence-electron chi connectivity index (χ4n) is 1.59. The number of aryl methyl sites for hydroxylation is 1. The molecule has 0 aliphatic carbocycles. The van der Waals surface area contributed by atoms with Gasteiger partial charge in [0, 0.05) is 13.6 Å². The maximum absolute atomic E-state index is 5.43. The van der Waals surface area contributed by atoms with Gasteiger partial charge in [0.2, 0.25) is 5.89 Å². The second-order valence-electron chi connectivity index (χ2n) is 3.97. The van der Waals surface area contributed by atoms with Crippen molar-refractivity contribution in [3.63, 3.8) is 0 Å². The molecule has 0 radical (unpaired) electrons. The van der Waals surface area contributed by atoms with Crippen LogP contribution in [-0.2, 0) is 13.1 Å². The largest absolute Gasteiger partial charge is 0.407 e. The van der Waals surface area contributed by atoms with Crippen molar-refractivity contribution in [1.29, 1.82) is 0 Å². The third-order valence-corrected chi connectivity index (χ3v) is 2.63. The molecule has 17 heavy (non-hydrogen) atoms. The van der Waals surface area contributed by atoms with E-state index in [1.807, 2.05) is 24.1 Å². The minimum atomic E-state index is 0.269. The minimum Gasteiger partial charge on any atom is -0.407 e. The third kappa shape index (κ3) is 2.62. The molecule has 90 valence electrons. The summed E-state index contributed by atoms with van der Waals surface area (Å²) in [5.74, 6) is 0.455. The smallest absolute Gasteiger partial charge is 0.318 e. The van der Waals surface area contributed by atoms with Gasteiger partial charge in [-0.15, -0.1) is 5.10 Å². The van der Waals surface area contributed by atoms with E-state index in [1.165, 1.54) is 11.1 Å². The van der Waals surface area contributed by atoms with Crippen molar-refractivity contribution in [3.8, 4) is 0 Å². The van der Waals surface area contributed by atoms with E-state index in [4.69, 9.17) is 10.2 Å². The van der Waals surface area contributed by atoms with Crippen molar-refractivity contribution in [2.75, 3.05) is 11.9 Å². The van der Waals surface area contributed by atoms with Gasteiger partial charge in [0.1, 0.15) is 0 Å². The normalized spacial score (nSPS) is 10.5. The van der Waals surface area contributed by atoms with Crippen LogP contribution < -0.4 is 10.6 Å². The summed E-state index contributed by atoms with van der Waals surface area (Å²) in [5, 5.41) is 7.78. The van der Waals surface area contributed by atoms with Crippen LogP contribution in [0.5, 0.6) is 0 Å². The third-order valence-electron chi connectivity index (χ3n) is 2.63. The Hall–Kier alpha value is -1.88. The van der Waals surface area contributed by atoms with E-state index in [-0.39, 0.29) is 6.54 Å². The quantitative estimate of drug-likeness (QED) is 0.864. The molecule has 1 aromatic heterocycles. The number of hydrogen-bond donors (Lipinski definition) is 1. The lowest BCUT2D eigenvalue weighted by Gasteiger charge is -2.15. The van der Waals surface area contributed by atoms with Crippen molar-refractivity contribution in [2.24, 2.45) is 5.73 Å². The second-order valence-corrected chi connectivity index (χ2v) is 3.97. The standard InChI is InChI=1S/C12H16N4O/c1-9-5-3-4-6-10(9)8-16(2)12-15-14-11(7-13)17-12/h3-6H,7-8,13H2,1-2H3. The van der Waals surface area contributed by atoms with Crippen LogP contribution in [0.25, 0.3) is 0 Å². The van der Waals surface area contributed by atoms with Crippen molar-refractivity contribution >= 4 is 6.01 Å². The molecule has 1 heterocycles. The highest BCUT2D eigenvalue weighted by Gasteiger charge is 2.10. The van der Waals surface area contributed by atoms with Gasteiger partial charge in [0.05, 0.1) is 6.54 Å². The molecule has 0 bridgehead atoms. The van der Waals surface area contributed by atoms with E-state index in [1.54, 1.807) is 0 Å². The van der Waals surface area contributed by atoms with Crippen LogP contribution in [0.3, 0.4) is 0 Å². The molecule has 0 fully saturated rings. The predicted octanol–water partition coefficient (Wildman–Crippen LogP) is 1.47. The van der Waals surface area contributed by atoms with Gasteiger partial charge >= 0.3 is 6.01 Å². The Morgan fingerprint density at radius 2 is 2.06 bits per heavy atom. The highest BCUT2D eigenvalue weighted by atomic mass is 16.4. The van der Waals surface area contributed by atoms with Crippen molar-refractivity contribution < 1.29 is 4.42 Å². The van der Waals surface area contributed by atoms with Crippen molar-refractivity contribution in [1.82, 2.24) is 10.2 Å². The molecule has 0 spiro atoms. The van der Waals surface area contributed by atoms with E-state index in [9.17, 15) is 0 Å². The Morgan fingerprint density at radius 1 is 1.29 bits per heavy atom. The van der Waals surface area contributed by atoms with Gasteiger partial charge in [0.15, 0.2) is 0 Å². The molecule has 0 aliphatic rings. The molecule has 0 atom stereocenters. The van der Waals surface area contributed by atoms with Gasteiger partial charge in [-0.3, -0.25) is 0 Å². The number of aromatic nitrogens is 2. The molecule has 0 aliphatic heterocycles. The van der Waals surface area contributed by atoms with Crippen LogP contribution >= 0.6 is 0 Å². The van der Waals surface area contributed by atoms with E-state index >= 15 is 0 Å². The summed E-state index contributed by atoms with van der Waals surface area (Å²) in [6.07, 6.45) is 0. The van der Waals surface area contributed by atoms with E-state index < -0.39 is 0 Å². The van der Waals surface area contributed by atoms with E-state index in [0.29, 0.717) is 11.9 Å².